The highest BCUT2D eigenvalue weighted by Gasteiger charge is 2.30. The van der Waals surface area contributed by atoms with Crippen molar-refractivity contribution in [2.45, 2.75) is 65.0 Å². The number of carbonyl (C=O) groups excluding carboxylic acids is 2. The second kappa shape index (κ2) is 14.1. The normalized spacial score (nSPS) is 19.1. The van der Waals surface area contributed by atoms with E-state index in [1.165, 1.54) is 0 Å². The number of fused-ring (bicyclic) bond motifs is 2. The Bertz CT molecular complexity index is 1970. The number of carboxylic acids is 1. The first-order valence-corrected chi connectivity index (χ1v) is 17.9. The summed E-state index contributed by atoms with van der Waals surface area (Å²) in [6.45, 7) is 5.99. The van der Waals surface area contributed by atoms with Crippen molar-refractivity contribution < 1.29 is 19.5 Å². The lowest BCUT2D eigenvalue weighted by Crippen LogP contribution is -2.36. The van der Waals surface area contributed by atoms with Crippen LogP contribution in [0.15, 0.2) is 36.4 Å². The number of hydrogen-bond donors (Lipinski definition) is 3. The van der Waals surface area contributed by atoms with Gasteiger partial charge < -0.3 is 24.9 Å². The standard InChI is InChI=1S/C38H44ClN7O4/c1-22-26(27-8-4-6-25(34(27)39)18-33(47)35-41-29-19-40-16-14-31(29)44(35)2)7-5-9-28(22)43-37(48)36-42-30-21-46(17-15-32(30)45(36)3)20-23-10-12-24(13-11-23)38(49)50/h4-9,23-24,40H,10-21H2,1-3H3,(H,43,48)(H,49,50). The molecular weight excluding hydrogens is 654 g/mol. The Morgan fingerprint density at radius 3 is 2.40 bits per heavy atom. The number of nitrogens with zero attached hydrogens (tertiary/aromatic N) is 5. The van der Waals surface area contributed by atoms with Crippen molar-refractivity contribution in [2.24, 2.45) is 25.9 Å². The second-order valence-corrected chi connectivity index (χ2v) is 14.4. The Kier molecular flexibility index (Phi) is 9.65. The summed E-state index contributed by atoms with van der Waals surface area (Å²) in [5, 5.41) is 16.3. The molecule has 1 saturated carbocycles. The summed E-state index contributed by atoms with van der Waals surface area (Å²) < 4.78 is 3.82. The van der Waals surface area contributed by atoms with Crippen molar-refractivity contribution in [3.05, 3.63) is 87.0 Å². The zero-order chi connectivity index (χ0) is 35.1. The van der Waals surface area contributed by atoms with Gasteiger partial charge in [0.25, 0.3) is 5.91 Å². The van der Waals surface area contributed by atoms with Crippen LogP contribution in [0.2, 0.25) is 5.02 Å². The molecular formula is C38H44ClN7O4. The number of Topliss-reactive ketones (excluding diaryl/α,β-unsaturated/α-hetero) is 1. The Morgan fingerprint density at radius 2 is 1.64 bits per heavy atom. The molecule has 0 unspecified atom stereocenters. The number of carboxylic acid groups (broad SMARTS) is 1. The number of hydrogen-bond acceptors (Lipinski definition) is 7. The van der Waals surface area contributed by atoms with Crippen molar-refractivity contribution in [2.75, 3.05) is 25.0 Å². The fourth-order valence-electron chi connectivity index (χ4n) is 8.02. The van der Waals surface area contributed by atoms with Gasteiger partial charge in [-0.1, -0.05) is 41.9 Å². The molecule has 4 heterocycles. The third kappa shape index (κ3) is 6.61. The van der Waals surface area contributed by atoms with Gasteiger partial charge in [0.15, 0.2) is 11.6 Å². The Morgan fingerprint density at radius 1 is 0.940 bits per heavy atom. The Hall–Kier alpha value is -4.32. The lowest BCUT2D eigenvalue weighted by atomic mass is 9.81. The maximum absolute atomic E-state index is 13.7. The fourth-order valence-corrected chi connectivity index (χ4v) is 8.32. The average Bonchev–Trinajstić information content (AvgIpc) is 3.63. The minimum Gasteiger partial charge on any atom is -0.481 e. The molecule has 3 aliphatic rings. The molecule has 1 fully saturated rings. The van der Waals surface area contributed by atoms with Gasteiger partial charge in [-0.15, -0.1) is 0 Å². The van der Waals surface area contributed by atoms with E-state index >= 15 is 0 Å². The number of nitrogens with one attached hydrogen (secondary N) is 2. The maximum Gasteiger partial charge on any atom is 0.306 e. The van der Waals surface area contributed by atoms with Crippen molar-refractivity contribution in [3.63, 3.8) is 0 Å². The van der Waals surface area contributed by atoms with E-state index in [-0.39, 0.29) is 24.0 Å². The minimum absolute atomic E-state index is 0.0811. The Labute approximate surface area is 297 Å². The molecule has 2 aromatic heterocycles. The highest BCUT2D eigenvalue weighted by atomic mass is 35.5. The third-order valence-electron chi connectivity index (χ3n) is 10.9. The van der Waals surface area contributed by atoms with E-state index in [4.69, 9.17) is 16.6 Å². The van der Waals surface area contributed by atoms with Crippen LogP contribution >= 0.6 is 11.6 Å². The molecule has 11 nitrogen and oxygen atoms in total. The Balaban J connectivity index is 1.04. The highest BCUT2D eigenvalue weighted by Crippen LogP contribution is 2.36. The summed E-state index contributed by atoms with van der Waals surface area (Å²) in [6, 6.07) is 11.5. The topological polar surface area (TPSA) is 134 Å². The molecule has 1 aliphatic carbocycles. The number of ketones is 1. The number of imidazole rings is 2. The molecule has 2 aromatic carbocycles. The molecule has 1 amide bonds. The number of amides is 1. The van der Waals surface area contributed by atoms with Crippen LogP contribution in [0.5, 0.6) is 0 Å². The number of halogens is 1. The summed E-state index contributed by atoms with van der Waals surface area (Å²) in [7, 11) is 3.80. The van der Waals surface area contributed by atoms with Crippen molar-refractivity contribution in [3.8, 4) is 11.1 Å². The third-order valence-corrected chi connectivity index (χ3v) is 11.4. The van der Waals surface area contributed by atoms with Gasteiger partial charge in [-0.3, -0.25) is 19.3 Å². The summed E-state index contributed by atoms with van der Waals surface area (Å²) in [6.07, 6.45) is 5.15. The van der Waals surface area contributed by atoms with E-state index in [1.54, 1.807) is 0 Å². The van der Waals surface area contributed by atoms with Gasteiger partial charge in [0.1, 0.15) is 0 Å². The molecule has 0 bridgehead atoms. The molecule has 0 spiro atoms. The lowest BCUT2D eigenvalue weighted by molar-refractivity contribution is -0.143. The molecule has 0 atom stereocenters. The summed E-state index contributed by atoms with van der Waals surface area (Å²) in [5.41, 5.74) is 7.93. The summed E-state index contributed by atoms with van der Waals surface area (Å²) in [5.74, 6) is 0.0674. The largest absolute Gasteiger partial charge is 0.481 e. The predicted molar refractivity (Wildman–Crippen MR) is 192 cm³/mol. The van der Waals surface area contributed by atoms with Gasteiger partial charge in [-0.05, 0) is 61.3 Å². The highest BCUT2D eigenvalue weighted by molar-refractivity contribution is 6.34. The quantitative estimate of drug-likeness (QED) is 0.199. The number of carbonyl (C=O) groups is 3. The molecule has 50 heavy (non-hydrogen) atoms. The van der Waals surface area contributed by atoms with E-state index in [1.807, 2.05) is 66.6 Å². The van der Waals surface area contributed by atoms with Gasteiger partial charge >= 0.3 is 5.97 Å². The van der Waals surface area contributed by atoms with Gasteiger partial charge in [0.05, 0.1) is 22.3 Å². The smallest absolute Gasteiger partial charge is 0.306 e. The predicted octanol–water partition coefficient (Wildman–Crippen LogP) is 5.35. The first-order valence-electron chi connectivity index (χ1n) is 17.6. The van der Waals surface area contributed by atoms with Crippen LogP contribution in [0.1, 0.15) is 80.8 Å². The van der Waals surface area contributed by atoms with Crippen molar-refractivity contribution in [1.82, 2.24) is 29.3 Å². The molecule has 3 N–H and O–H groups in total. The van der Waals surface area contributed by atoms with E-state index < -0.39 is 5.97 Å². The fraction of sp³-hybridized carbons (Fsp3) is 0.447. The van der Waals surface area contributed by atoms with Gasteiger partial charge in [0.2, 0.25) is 5.78 Å². The zero-order valence-corrected chi connectivity index (χ0v) is 29.6. The molecule has 7 rings (SSSR count). The molecule has 0 radical (unpaired) electrons. The SMILES string of the molecule is Cc1c(NC(=O)c2nc3c(n2C)CCN(CC2CCC(C(=O)O)CC2)C3)cccc1-c1cccc(CC(=O)c2nc3c(n2C)CCNC3)c1Cl. The minimum atomic E-state index is -0.675. The maximum atomic E-state index is 13.7. The van der Waals surface area contributed by atoms with Crippen LogP contribution in [0.3, 0.4) is 0 Å². The van der Waals surface area contributed by atoms with E-state index in [0.29, 0.717) is 41.4 Å². The number of aliphatic carboxylic acids is 1. The average molecular weight is 698 g/mol. The van der Waals surface area contributed by atoms with Gasteiger partial charge in [-0.25, -0.2) is 9.97 Å². The first kappa shape index (κ1) is 34.1. The summed E-state index contributed by atoms with van der Waals surface area (Å²) >= 11 is 6.99. The van der Waals surface area contributed by atoms with Crippen LogP contribution in [-0.2, 0) is 51.2 Å². The number of benzene rings is 2. The molecule has 4 aromatic rings. The van der Waals surface area contributed by atoms with Crippen LogP contribution in [0.4, 0.5) is 5.69 Å². The van der Waals surface area contributed by atoms with Crippen molar-refractivity contribution >= 4 is 34.9 Å². The van der Waals surface area contributed by atoms with Crippen LogP contribution in [-0.4, -0.2) is 66.4 Å². The van der Waals surface area contributed by atoms with E-state index in [2.05, 4.69) is 20.5 Å². The van der Waals surface area contributed by atoms with Crippen LogP contribution < -0.4 is 10.6 Å². The number of rotatable bonds is 9. The molecule has 12 heteroatoms. The second-order valence-electron chi connectivity index (χ2n) is 14.1. The van der Waals surface area contributed by atoms with Gasteiger partial charge in [0, 0.05) is 88.7 Å². The molecule has 262 valence electrons. The zero-order valence-electron chi connectivity index (χ0n) is 28.9. The van der Waals surface area contributed by atoms with Crippen LogP contribution in [0, 0.1) is 18.8 Å². The number of anilines is 1. The lowest BCUT2D eigenvalue weighted by Gasteiger charge is -2.33. The van der Waals surface area contributed by atoms with Crippen LogP contribution in [0.25, 0.3) is 11.1 Å². The first-order chi connectivity index (χ1) is 24.1. The van der Waals surface area contributed by atoms with Gasteiger partial charge in [-0.2, -0.15) is 0 Å². The number of aromatic nitrogens is 4. The summed E-state index contributed by atoms with van der Waals surface area (Å²) in [4.78, 5) is 50.3. The molecule has 2 aliphatic heterocycles. The molecule has 0 saturated heterocycles. The van der Waals surface area contributed by atoms with E-state index in [0.717, 1.165) is 103 Å². The van der Waals surface area contributed by atoms with E-state index in [9.17, 15) is 19.5 Å². The monoisotopic (exact) mass is 697 g/mol. The van der Waals surface area contributed by atoms with Crippen molar-refractivity contribution in [1.29, 1.82) is 0 Å².